The Morgan fingerprint density at radius 3 is 2.55 bits per heavy atom. The number of hydrogen-bond acceptors (Lipinski definition) is 4. The van der Waals surface area contributed by atoms with E-state index in [1.165, 1.54) is 5.56 Å². The van der Waals surface area contributed by atoms with Crippen LogP contribution < -0.4 is 5.32 Å². The van der Waals surface area contributed by atoms with Crippen LogP contribution in [0.2, 0.25) is 5.28 Å². The summed E-state index contributed by atoms with van der Waals surface area (Å²) in [6.07, 6.45) is 1.78. The second-order valence-electron chi connectivity index (χ2n) is 6.14. The van der Waals surface area contributed by atoms with E-state index < -0.39 is 0 Å². The van der Waals surface area contributed by atoms with Crippen molar-refractivity contribution in [2.45, 2.75) is 32.9 Å². The first-order valence-electron chi connectivity index (χ1n) is 7.14. The lowest BCUT2D eigenvalue weighted by Gasteiger charge is -2.21. The topological polar surface area (TPSA) is 55.6 Å². The second kappa shape index (κ2) is 5.57. The van der Waals surface area contributed by atoms with E-state index in [1.54, 1.807) is 6.33 Å². The fraction of sp³-hybridized carbons (Fsp3) is 0.312. The summed E-state index contributed by atoms with van der Waals surface area (Å²) in [7, 11) is 0. The van der Waals surface area contributed by atoms with Gasteiger partial charge < -0.3 is 9.88 Å². The van der Waals surface area contributed by atoms with Gasteiger partial charge in [0.1, 0.15) is 0 Å². The first kappa shape index (κ1) is 14.8. The van der Waals surface area contributed by atoms with Crippen molar-refractivity contribution in [2.24, 2.45) is 0 Å². The predicted octanol–water partition coefficient (Wildman–Crippen LogP) is 3.85. The zero-order valence-corrected chi connectivity index (χ0v) is 13.6. The molecule has 22 heavy (non-hydrogen) atoms. The van der Waals surface area contributed by atoms with Crippen molar-refractivity contribution in [1.82, 2.24) is 19.5 Å². The zero-order valence-electron chi connectivity index (χ0n) is 12.8. The van der Waals surface area contributed by atoms with Gasteiger partial charge in [-0.1, -0.05) is 30.3 Å². The molecule has 2 aromatic heterocycles. The number of aromatic nitrogens is 4. The SMILES string of the molecule is CC(C)(C)n1cnc2c(NCc3ccccc3)nc(Cl)nc21. The van der Waals surface area contributed by atoms with E-state index in [0.29, 0.717) is 12.4 Å². The highest BCUT2D eigenvalue weighted by molar-refractivity contribution is 6.28. The maximum Gasteiger partial charge on any atom is 0.226 e. The Hall–Kier alpha value is -2.14. The molecule has 0 aliphatic heterocycles. The Labute approximate surface area is 134 Å². The molecule has 0 atom stereocenters. The maximum absolute atomic E-state index is 6.08. The number of benzene rings is 1. The third kappa shape index (κ3) is 2.90. The highest BCUT2D eigenvalue weighted by atomic mass is 35.5. The van der Waals surface area contributed by atoms with Crippen LogP contribution in [0.25, 0.3) is 11.2 Å². The Bertz CT molecular complexity index is 789. The van der Waals surface area contributed by atoms with Crippen LogP contribution in [0.5, 0.6) is 0 Å². The minimum absolute atomic E-state index is 0.122. The van der Waals surface area contributed by atoms with Gasteiger partial charge in [0, 0.05) is 12.1 Å². The first-order chi connectivity index (χ1) is 10.4. The van der Waals surface area contributed by atoms with E-state index in [2.05, 4.69) is 53.2 Å². The van der Waals surface area contributed by atoms with E-state index in [4.69, 9.17) is 11.6 Å². The van der Waals surface area contributed by atoms with E-state index in [-0.39, 0.29) is 10.8 Å². The van der Waals surface area contributed by atoms with Crippen LogP contribution in [-0.4, -0.2) is 19.5 Å². The molecule has 0 amide bonds. The minimum atomic E-state index is -0.122. The molecule has 0 saturated carbocycles. The number of imidazole rings is 1. The van der Waals surface area contributed by atoms with Crippen molar-refractivity contribution in [2.75, 3.05) is 5.32 Å². The van der Waals surface area contributed by atoms with Gasteiger partial charge in [-0.2, -0.15) is 9.97 Å². The van der Waals surface area contributed by atoms with E-state index in [1.807, 2.05) is 22.8 Å². The fourth-order valence-corrected chi connectivity index (χ4v) is 2.43. The maximum atomic E-state index is 6.08. The van der Waals surface area contributed by atoms with Crippen LogP contribution in [0, 0.1) is 0 Å². The number of anilines is 1. The minimum Gasteiger partial charge on any atom is -0.364 e. The average molecular weight is 316 g/mol. The third-order valence-electron chi connectivity index (χ3n) is 3.39. The summed E-state index contributed by atoms with van der Waals surface area (Å²) >= 11 is 6.08. The standard InChI is InChI=1S/C16H18ClN5/c1-16(2,3)22-10-19-12-13(20-15(17)21-14(12)22)18-9-11-7-5-4-6-8-11/h4-8,10H,9H2,1-3H3,(H,18,20,21). The number of fused-ring (bicyclic) bond motifs is 1. The largest absolute Gasteiger partial charge is 0.364 e. The molecule has 1 aromatic carbocycles. The van der Waals surface area contributed by atoms with Gasteiger partial charge >= 0.3 is 0 Å². The number of nitrogens with one attached hydrogen (secondary N) is 1. The van der Waals surface area contributed by atoms with Crippen LogP contribution in [0.1, 0.15) is 26.3 Å². The van der Waals surface area contributed by atoms with Crippen LogP contribution in [0.4, 0.5) is 5.82 Å². The molecule has 0 aliphatic rings. The molecule has 0 radical (unpaired) electrons. The second-order valence-corrected chi connectivity index (χ2v) is 6.48. The highest BCUT2D eigenvalue weighted by Gasteiger charge is 2.20. The van der Waals surface area contributed by atoms with Crippen LogP contribution in [0.15, 0.2) is 36.7 Å². The van der Waals surface area contributed by atoms with E-state index in [0.717, 1.165) is 11.2 Å². The number of halogens is 1. The molecule has 0 spiro atoms. The van der Waals surface area contributed by atoms with Gasteiger partial charge in [-0.05, 0) is 37.9 Å². The predicted molar refractivity (Wildman–Crippen MR) is 89.1 cm³/mol. The number of rotatable bonds is 3. The lowest BCUT2D eigenvalue weighted by atomic mass is 10.1. The van der Waals surface area contributed by atoms with Crippen molar-refractivity contribution in [1.29, 1.82) is 0 Å². The molecule has 0 unspecified atom stereocenters. The molecule has 0 fully saturated rings. The summed E-state index contributed by atoms with van der Waals surface area (Å²) in [5.74, 6) is 0.654. The van der Waals surface area contributed by atoms with Crippen LogP contribution in [0.3, 0.4) is 0 Å². The zero-order chi connectivity index (χ0) is 15.7. The molecular weight excluding hydrogens is 298 g/mol. The molecule has 3 aromatic rings. The van der Waals surface area contributed by atoms with Crippen molar-refractivity contribution < 1.29 is 0 Å². The normalized spacial score (nSPS) is 11.8. The first-order valence-corrected chi connectivity index (χ1v) is 7.52. The highest BCUT2D eigenvalue weighted by Crippen LogP contribution is 2.26. The monoisotopic (exact) mass is 315 g/mol. The van der Waals surface area contributed by atoms with Gasteiger partial charge in [-0.15, -0.1) is 0 Å². The lowest BCUT2D eigenvalue weighted by Crippen LogP contribution is -2.21. The molecular formula is C16H18ClN5. The van der Waals surface area contributed by atoms with E-state index in [9.17, 15) is 0 Å². The quantitative estimate of drug-likeness (QED) is 0.746. The fourth-order valence-electron chi connectivity index (χ4n) is 2.27. The third-order valence-corrected chi connectivity index (χ3v) is 3.56. The molecule has 1 N–H and O–H groups in total. The van der Waals surface area contributed by atoms with Crippen molar-refractivity contribution in [3.8, 4) is 0 Å². The molecule has 6 heteroatoms. The van der Waals surface area contributed by atoms with Crippen LogP contribution >= 0.6 is 11.6 Å². The summed E-state index contributed by atoms with van der Waals surface area (Å²) < 4.78 is 2.00. The van der Waals surface area contributed by atoms with Crippen molar-refractivity contribution in [3.63, 3.8) is 0 Å². The van der Waals surface area contributed by atoms with Crippen molar-refractivity contribution >= 4 is 28.6 Å². The Kier molecular flexibility index (Phi) is 3.74. The molecule has 0 bridgehead atoms. The molecule has 0 saturated heterocycles. The number of nitrogens with zero attached hydrogens (tertiary/aromatic N) is 4. The van der Waals surface area contributed by atoms with E-state index >= 15 is 0 Å². The summed E-state index contributed by atoms with van der Waals surface area (Å²) in [5, 5.41) is 3.51. The Balaban J connectivity index is 1.98. The Morgan fingerprint density at radius 2 is 1.86 bits per heavy atom. The smallest absolute Gasteiger partial charge is 0.226 e. The molecule has 5 nitrogen and oxygen atoms in total. The van der Waals surface area contributed by atoms with Gasteiger partial charge in [0.25, 0.3) is 0 Å². The van der Waals surface area contributed by atoms with Gasteiger partial charge in [-0.3, -0.25) is 0 Å². The van der Waals surface area contributed by atoms with Gasteiger partial charge in [0.05, 0.1) is 6.33 Å². The molecule has 114 valence electrons. The molecule has 3 rings (SSSR count). The van der Waals surface area contributed by atoms with Crippen molar-refractivity contribution in [3.05, 3.63) is 47.5 Å². The summed E-state index contributed by atoms with van der Waals surface area (Å²) in [4.78, 5) is 13.1. The number of hydrogen-bond donors (Lipinski definition) is 1. The summed E-state index contributed by atoms with van der Waals surface area (Å²) in [6.45, 7) is 6.95. The summed E-state index contributed by atoms with van der Waals surface area (Å²) in [5.41, 5.74) is 2.52. The summed E-state index contributed by atoms with van der Waals surface area (Å²) in [6, 6.07) is 10.1. The van der Waals surface area contributed by atoms with Crippen LogP contribution in [-0.2, 0) is 12.1 Å². The molecule has 0 aliphatic carbocycles. The lowest BCUT2D eigenvalue weighted by molar-refractivity contribution is 0.406. The molecule has 2 heterocycles. The van der Waals surface area contributed by atoms with Gasteiger partial charge in [0.2, 0.25) is 5.28 Å². The van der Waals surface area contributed by atoms with Gasteiger partial charge in [0.15, 0.2) is 17.0 Å². The van der Waals surface area contributed by atoms with Gasteiger partial charge in [-0.25, -0.2) is 4.98 Å². The average Bonchev–Trinajstić information content (AvgIpc) is 2.89. The Morgan fingerprint density at radius 1 is 1.14 bits per heavy atom.